The van der Waals surface area contributed by atoms with Gasteiger partial charge >= 0.3 is 0 Å². The summed E-state index contributed by atoms with van der Waals surface area (Å²) >= 11 is 0. The number of para-hydroxylation sites is 1. The molecule has 1 aromatic heterocycles. The Morgan fingerprint density at radius 2 is 1.89 bits per heavy atom. The van der Waals surface area contributed by atoms with Gasteiger partial charge in [-0.2, -0.15) is 5.10 Å². The lowest BCUT2D eigenvalue weighted by Crippen LogP contribution is -2.17. The maximum Gasteiger partial charge on any atom is 0.271 e. The number of amides is 1. The maximum absolute atomic E-state index is 12.4. The van der Waals surface area contributed by atoms with Crippen LogP contribution in [0, 0.1) is 6.92 Å². The molecule has 1 N–H and O–H groups in total. The Morgan fingerprint density at radius 1 is 1.18 bits per heavy atom. The number of aromatic nitrogens is 1. The van der Waals surface area contributed by atoms with Crippen molar-refractivity contribution in [2.45, 2.75) is 40.2 Å². The fourth-order valence-electron chi connectivity index (χ4n) is 3.39. The molecule has 146 valence electrons. The molecule has 0 aliphatic rings. The van der Waals surface area contributed by atoms with Gasteiger partial charge in [0.05, 0.1) is 12.8 Å². The highest BCUT2D eigenvalue weighted by atomic mass is 16.5. The SMILES string of the molecule is CCCOc1ccc(C(=O)N/N=C/c2c(C)n(C(C)C)c3ccccc23)cc1. The second-order valence-corrected chi connectivity index (χ2v) is 7.05. The third-order valence-corrected chi connectivity index (χ3v) is 4.67. The van der Waals surface area contributed by atoms with Gasteiger partial charge in [0, 0.05) is 33.8 Å². The van der Waals surface area contributed by atoms with Crippen molar-refractivity contribution in [2.75, 3.05) is 6.61 Å². The number of fused-ring (bicyclic) bond motifs is 1. The van der Waals surface area contributed by atoms with Crippen LogP contribution >= 0.6 is 0 Å². The van der Waals surface area contributed by atoms with Crippen LogP contribution in [0.1, 0.15) is 54.8 Å². The predicted octanol–water partition coefficient (Wildman–Crippen LogP) is 5.08. The zero-order chi connectivity index (χ0) is 20.1. The molecule has 0 unspecified atom stereocenters. The first-order valence-corrected chi connectivity index (χ1v) is 9.68. The van der Waals surface area contributed by atoms with Crippen molar-refractivity contribution < 1.29 is 9.53 Å². The fraction of sp³-hybridized carbons (Fsp3) is 0.304. The molecule has 0 aliphatic heterocycles. The molecular formula is C23H27N3O2. The van der Waals surface area contributed by atoms with Crippen molar-refractivity contribution in [3.8, 4) is 5.75 Å². The number of ether oxygens (including phenoxy) is 1. The summed E-state index contributed by atoms with van der Waals surface area (Å²) in [7, 11) is 0. The van der Waals surface area contributed by atoms with Gasteiger partial charge in [0.2, 0.25) is 0 Å². The molecule has 1 amide bonds. The molecule has 3 rings (SSSR count). The molecule has 0 aliphatic carbocycles. The van der Waals surface area contributed by atoms with Gasteiger partial charge in [-0.25, -0.2) is 5.43 Å². The molecule has 5 nitrogen and oxygen atoms in total. The summed E-state index contributed by atoms with van der Waals surface area (Å²) in [6.07, 6.45) is 2.68. The number of hydrazone groups is 1. The van der Waals surface area contributed by atoms with Gasteiger partial charge in [-0.05, 0) is 57.5 Å². The maximum atomic E-state index is 12.4. The number of carbonyl (C=O) groups is 1. The Bertz CT molecular complexity index is 985. The Hall–Kier alpha value is -3.08. The van der Waals surface area contributed by atoms with Gasteiger partial charge in [0.15, 0.2) is 0 Å². The first-order valence-electron chi connectivity index (χ1n) is 9.68. The lowest BCUT2D eigenvalue weighted by molar-refractivity contribution is 0.0955. The van der Waals surface area contributed by atoms with E-state index in [-0.39, 0.29) is 5.91 Å². The molecule has 28 heavy (non-hydrogen) atoms. The van der Waals surface area contributed by atoms with Crippen LogP contribution in [0.25, 0.3) is 10.9 Å². The Labute approximate surface area is 166 Å². The summed E-state index contributed by atoms with van der Waals surface area (Å²) in [6, 6.07) is 15.7. The van der Waals surface area contributed by atoms with Crippen LogP contribution in [0.4, 0.5) is 0 Å². The highest BCUT2D eigenvalue weighted by Crippen LogP contribution is 2.27. The topological polar surface area (TPSA) is 55.6 Å². The minimum Gasteiger partial charge on any atom is -0.494 e. The summed E-state index contributed by atoms with van der Waals surface area (Å²) in [6.45, 7) is 9.13. The summed E-state index contributed by atoms with van der Waals surface area (Å²) in [4.78, 5) is 12.4. The second-order valence-electron chi connectivity index (χ2n) is 7.05. The Kier molecular flexibility index (Phi) is 6.14. The molecule has 5 heteroatoms. The van der Waals surface area contributed by atoms with E-state index in [9.17, 15) is 4.79 Å². The van der Waals surface area contributed by atoms with Crippen LogP contribution in [0.2, 0.25) is 0 Å². The van der Waals surface area contributed by atoms with E-state index in [1.165, 1.54) is 5.52 Å². The minimum atomic E-state index is -0.247. The van der Waals surface area contributed by atoms with Crippen molar-refractivity contribution >= 4 is 23.0 Å². The normalized spacial score (nSPS) is 11.5. The number of hydrogen-bond donors (Lipinski definition) is 1. The van der Waals surface area contributed by atoms with E-state index in [1.54, 1.807) is 30.5 Å². The molecular weight excluding hydrogens is 350 g/mol. The highest BCUT2D eigenvalue weighted by molar-refractivity contribution is 6.02. The van der Waals surface area contributed by atoms with Gasteiger partial charge in [-0.3, -0.25) is 4.79 Å². The lowest BCUT2D eigenvalue weighted by atomic mass is 10.1. The van der Waals surface area contributed by atoms with Crippen molar-refractivity contribution in [3.05, 3.63) is 65.4 Å². The number of rotatable bonds is 7. The first kappa shape index (κ1) is 19.7. The van der Waals surface area contributed by atoms with E-state index in [4.69, 9.17) is 4.74 Å². The van der Waals surface area contributed by atoms with Crippen molar-refractivity contribution in [1.82, 2.24) is 9.99 Å². The third-order valence-electron chi connectivity index (χ3n) is 4.67. The molecule has 1 heterocycles. The first-order chi connectivity index (χ1) is 13.5. The van der Waals surface area contributed by atoms with Gasteiger partial charge in [-0.15, -0.1) is 0 Å². The minimum absolute atomic E-state index is 0.247. The smallest absolute Gasteiger partial charge is 0.271 e. The van der Waals surface area contributed by atoms with E-state index in [1.807, 2.05) is 12.1 Å². The molecule has 0 radical (unpaired) electrons. The number of hydrogen-bond acceptors (Lipinski definition) is 3. The summed E-state index contributed by atoms with van der Waals surface area (Å²) < 4.78 is 7.83. The van der Waals surface area contributed by atoms with Crippen LogP contribution in [-0.4, -0.2) is 23.3 Å². The highest BCUT2D eigenvalue weighted by Gasteiger charge is 2.14. The lowest BCUT2D eigenvalue weighted by Gasteiger charge is -2.12. The molecule has 0 spiro atoms. The molecule has 0 saturated carbocycles. The van der Waals surface area contributed by atoms with Gasteiger partial charge < -0.3 is 9.30 Å². The van der Waals surface area contributed by atoms with Crippen LogP contribution in [0.3, 0.4) is 0 Å². The van der Waals surface area contributed by atoms with E-state index < -0.39 is 0 Å². The van der Waals surface area contributed by atoms with E-state index >= 15 is 0 Å². The quantitative estimate of drug-likeness (QED) is 0.461. The molecule has 0 bridgehead atoms. The van der Waals surface area contributed by atoms with Gasteiger partial charge in [-0.1, -0.05) is 25.1 Å². The van der Waals surface area contributed by atoms with Gasteiger partial charge in [0.25, 0.3) is 5.91 Å². The molecule has 0 atom stereocenters. The Morgan fingerprint density at radius 3 is 2.57 bits per heavy atom. The number of nitrogens with zero attached hydrogens (tertiary/aromatic N) is 2. The molecule has 3 aromatic rings. The average molecular weight is 377 g/mol. The Balaban J connectivity index is 1.76. The van der Waals surface area contributed by atoms with Crippen LogP contribution in [0.5, 0.6) is 5.75 Å². The number of nitrogens with one attached hydrogen (secondary N) is 1. The van der Waals surface area contributed by atoms with Crippen LogP contribution < -0.4 is 10.2 Å². The standard InChI is InChI=1S/C23H27N3O2/c1-5-14-28-19-12-10-18(11-13-19)23(27)25-24-15-21-17(4)26(16(2)3)22-9-7-6-8-20(21)22/h6-13,15-16H,5,14H2,1-4H3,(H,25,27)/b24-15+. The molecule has 0 fully saturated rings. The van der Waals surface area contributed by atoms with Crippen molar-refractivity contribution in [1.29, 1.82) is 0 Å². The van der Waals surface area contributed by atoms with E-state index in [0.717, 1.165) is 28.8 Å². The monoisotopic (exact) mass is 377 g/mol. The van der Waals surface area contributed by atoms with Crippen molar-refractivity contribution in [3.63, 3.8) is 0 Å². The zero-order valence-corrected chi connectivity index (χ0v) is 16.9. The second kappa shape index (κ2) is 8.74. The van der Waals surface area contributed by atoms with E-state index in [2.05, 4.69) is 54.9 Å². The van der Waals surface area contributed by atoms with Crippen LogP contribution in [0.15, 0.2) is 53.6 Å². The zero-order valence-electron chi connectivity index (χ0n) is 16.9. The van der Waals surface area contributed by atoms with Crippen molar-refractivity contribution in [2.24, 2.45) is 5.10 Å². The third kappa shape index (κ3) is 4.09. The summed E-state index contributed by atoms with van der Waals surface area (Å²) in [5, 5.41) is 5.33. The average Bonchev–Trinajstić information content (AvgIpc) is 2.98. The fourth-order valence-corrected chi connectivity index (χ4v) is 3.39. The largest absolute Gasteiger partial charge is 0.494 e. The molecule has 0 saturated heterocycles. The predicted molar refractivity (Wildman–Crippen MR) is 114 cm³/mol. The summed E-state index contributed by atoms with van der Waals surface area (Å²) in [5.74, 6) is 0.516. The number of carbonyl (C=O) groups excluding carboxylic acids is 1. The molecule has 2 aromatic carbocycles. The summed E-state index contributed by atoms with van der Waals surface area (Å²) in [5.41, 5.74) is 6.49. The number of benzene rings is 2. The van der Waals surface area contributed by atoms with Crippen LogP contribution in [-0.2, 0) is 0 Å². The van der Waals surface area contributed by atoms with Gasteiger partial charge in [0.1, 0.15) is 5.75 Å². The van der Waals surface area contributed by atoms with E-state index in [0.29, 0.717) is 18.2 Å².